The maximum absolute atomic E-state index is 13.3. The molecule has 2 aliphatic heterocycles. The number of hydrogen-bond acceptors (Lipinski definition) is 3. The molecule has 2 saturated heterocycles. The van der Waals surface area contributed by atoms with Crippen LogP contribution in [0.3, 0.4) is 0 Å². The second-order valence-corrected chi connectivity index (χ2v) is 5.61. The van der Waals surface area contributed by atoms with Crippen LogP contribution in [0.4, 0.5) is 4.39 Å². The Bertz CT molecular complexity index is 590. The van der Waals surface area contributed by atoms with Gasteiger partial charge >= 0.3 is 0 Å². The first-order chi connectivity index (χ1) is 10.0. The smallest absolute Gasteiger partial charge is 0.253 e. The lowest BCUT2D eigenvalue weighted by Gasteiger charge is -2.27. The Kier molecular flexibility index (Phi) is 3.63. The first-order valence-electron chi connectivity index (χ1n) is 6.98. The van der Waals surface area contributed by atoms with Crippen LogP contribution < -0.4 is 5.32 Å². The van der Waals surface area contributed by atoms with Crippen molar-refractivity contribution in [3.8, 4) is 0 Å². The minimum absolute atomic E-state index is 0.0666. The lowest BCUT2D eigenvalue weighted by molar-refractivity contribution is -0.125. The number of halogens is 1. The van der Waals surface area contributed by atoms with Crippen molar-refractivity contribution in [3.05, 3.63) is 35.1 Å². The van der Waals surface area contributed by atoms with Crippen molar-refractivity contribution in [1.82, 2.24) is 10.2 Å². The maximum Gasteiger partial charge on any atom is 0.253 e. The van der Waals surface area contributed by atoms with E-state index in [0.29, 0.717) is 37.4 Å². The minimum atomic E-state index is -0.344. The summed E-state index contributed by atoms with van der Waals surface area (Å²) < 4.78 is 18.7. The van der Waals surface area contributed by atoms with Crippen LogP contribution >= 0.6 is 0 Å². The number of benzene rings is 1. The molecule has 0 radical (unpaired) electrons. The average Bonchev–Trinajstić information content (AvgIpc) is 2.69. The first-order valence-corrected chi connectivity index (χ1v) is 6.98. The SMILES string of the molecule is Cc1cc(C(=O)N2C[C@H]3COC[C@@H](C2)C(=O)N3)ccc1F. The quantitative estimate of drug-likeness (QED) is 0.830. The Balaban J connectivity index is 1.84. The number of rotatable bonds is 1. The second-order valence-electron chi connectivity index (χ2n) is 5.61. The third kappa shape index (κ3) is 2.76. The normalized spacial score (nSPS) is 25.2. The largest absolute Gasteiger partial charge is 0.378 e. The molecule has 1 N–H and O–H groups in total. The molecule has 2 heterocycles. The van der Waals surface area contributed by atoms with E-state index in [4.69, 9.17) is 4.74 Å². The van der Waals surface area contributed by atoms with Crippen LogP contribution in [0, 0.1) is 18.7 Å². The van der Waals surface area contributed by atoms with E-state index < -0.39 is 0 Å². The van der Waals surface area contributed by atoms with Gasteiger partial charge < -0.3 is 15.0 Å². The van der Waals surface area contributed by atoms with Crippen LogP contribution in [0.1, 0.15) is 15.9 Å². The molecule has 2 fully saturated rings. The van der Waals surface area contributed by atoms with Gasteiger partial charge in [0, 0.05) is 18.7 Å². The van der Waals surface area contributed by atoms with Crippen molar-refractivity contribution < 1.29 is 18.7 Å². The Morgan fingerprint density at radius 3 is 2.95 bits per heavy atom. The van der Waals surface area contributed by atoms with Crippen LogP contribution in [0.2, 0.25) is 0 Å². The Morgan fingerprint density at radius 1 is 1.38 bits per heavy atom. The highest BCUT2D eigenvalue weighted by molar-refractivity contribution is 5.95. The summed E-state index contributed by atoms with van der Waals surface area (Å²) in [6.07, 6.45) is 0. The summed E-state index contributed by atoms with van der Waals surface area (Å²) in [5.41, 5.74) is 0.885. The van der Waals surface area contributed by atoms with E-state index in [1.54, 1.807) is 17.9 Å². The van der Waals surface area contributed by atoms with Crippen molar-refractivity contribution in [2.45, 2.75) is 13.0 Å². The topological polar surface area (TPSA) is 58.6 Å². The number of nitrogens with zero attached hydrogens (tertiary/aromatic N) is 1. The zero-order valence-electron chi connectivity index (χ0n) is 11.8. The molecule has 0 unspecified atom stereocenters. The zero-order chi connectivity index (χ0) is 15.0. The molecule has 3 rings (SSSR count). The predicted octanol–water partition coefficient (Wildman–Crippen LogP) is 0.721. The minimum Gasteiger partial charge on any atom is -0.378 e. The average molecular weight is 292 g/mol. The number of carbonyl (C=O) groups is 2. The van der Waals surface area contributed by atoms with Crippen LogP contribution in [0.25, 0.3) is 0 Å². The van der Waals surface area contributed by atoms with E-state index in [9.17, 15) is 14.0 Å². The van der Waals surface area contributed by atoms with Gasteiger partial charge in [0.2, 0.25) is 5.91 Å². The Hall–Kier alpha value is -1.95. The van der Waals surface area contributed by atoms with Gasteiger partial charge in [-0.1, -0.05) is 0 Å². The van der Waals surface area contributed by atoms with E-state index in [2.05, 4.69) is 5.32 Å². The highest BCUT2D eigenvalue weighted by Crippen LogP contribution is 2.17. The van der Waals surface area contributed by atoms with Gasteiger partial charge in [-0.05, 0) is 30.7 Å². The molecular formula is C15H17FN2O3. The molecule has 1 aromatic carbocycles. The summed E-state index contributed by atoms with van der Waals surface area (Å²) in [7, 11) is 0. The van der Waals surface area contributed by atoms with Gasteiger partial charge in [0.15, 0.2) is 0 Å². The molecule has 1 aromatic rings. The van der Waals surface area contributed by atoms with E-state index >= 15 is 0 Å². The molecular weight excluding hydrogens is 275 g/mol. The molecule has 5 nitrogen and oxygen atoms in total. The first kappa shape index (κ1) is 14.0. The fourth-order valence-electron chi connectivity index (χ4n) is 2.76. The monoisotopic (exact) mass is 292 g/mol. The van der Waals surface area contributed by atoms with Crippen LogP contribution in [0.15, 0.2) is 18.2 Å². The highest BCUT2D eigenvalue weighted by Gasteiger charge is 2.35. The number of carbonyl (C=O) groups excluding carboxylic acids is 2. The van der Waals surface area contributed by atoms with Gasteiger partial charge in [0.05, 0.1) is 25.2 Å². The van der Waals surface area contributed by atoms with Crippen molar-refractivity contribution in [3.63, 3.8) is 0 Å². The molecule has 21 heavy (non-hydrogen) atoms. The van der Waals surface area contributed by atoms with Gasteiger partial charge in [0.1, 0.15) is 5.82 Å². The van der Waals surface area contributed by atoms with Gasteiger partial charge in [-0.2, -0.15) is 0 Å². The lowest BCUT2D eigenvalue weighted by atomic mass is 10.1. The summed E-state index contributed by atoms with van der Waals surface area (Å²) in [5.74, 6) is -0.915. The third-order valence-electron chi connectivity index (χ3n) is 3.93. The number of hydrogen-bond donors (Lipinski definition) is 1. The molecule has 0 aliphatic carbocycles. The summed E-state index contributed by atoms with van der Waals surface area (Å²) in [4.78, 5) is 26.2. The molecule has 112 valence electrons. The third-order valence-corrected chi connectivity index (χ3v) is 3.93. The molecule has 2 amide bonds. The summed E-state index contributed by atoms with van der Waals surface area (Å²) >= 11 is 0. The Morgan fingerprint density at radius 2 is 2.19 bits per heavy atom. The van der Waals surface area contributed by atoms with Crippen molar-refractivity contribution >= 4 is 11.8 Å². The number of nitrogens with one attached hydrogen (secondary N) is 1. The van der Waals surface area contributed by atoms with Gasteiger partial charge in [-0.3, -0.25) is 9.59 Å². The van der Waals surface area contributed by atoms with Gasteiger partial charge in [0.25, 0.3) is 5.91 Å². The maximum atomic E-state index is 13.3. The lowest BCUT2D eigenvalue weighted by Crippen LogP contribution is -2.44. The molecule has 0 aromatic heterocycles. The summed E-state index contributed by atoms with van der Waals surface area (Å²) in [6, 6.07) is 4.14. The van der Waals surface area contributed by atoms with E-state index in [0.717, 1.165) is 0 Å². The predicted molar refractivity (Wildman–Crippen MR) is 73.3 cm³/mol. The van der Waals surface area contributed by atoms with E-state index in [1.807, 2.05) is 0 Å². The van der Waals surface area contributed by atoms with E-state index in [-0.39, 0.29) is 29.6 Å². The van der Waals surface area contributed by atoms with Crippen molar-refractivity contribution in [1.29, 1.82) is 0 Å². The molecule has 0 spiro atoms. The highest BCUT2D eigenvalue weighted by atomic mass is 19.1. The van der Waals surface area contributed by atoms with E-state index in [1.165, 1.54) is 12.1 Å². The number of fused-ring (bicyclic) bond motifs is 3. The molecule has 2 aliphatic rings. The van der Waals surface area contributed by atoms with Crippen molar-refractivity contribution in [2.75, 3.05) is 26.3 Å². The summed E-state index contributed by atoms with van der Waals surface area (Å²) in [6.45, 7) is 3.11. The van der Waals surface area contributed by atoms with Crippen LogP contribution in [-0.4, -0.2) is 49.1 Å². The Labute approximate surface area is 122 Å². The number of aryl methyl sites for hydroxylation is 1. The van der Waals surface area contributed by atoms with Gasteiger partial charge in [-0.15, -0.1) is 0 Å². The fraction of sp³-hybridized carbons (Fsp3) is 0.467. The van der Waals surface area contributed by atoms with Crippen LogP contribution in [-0.2, 0) is 9.53 Å². The second kappa shape index (κ2) is 5.44. The number of amides is 2. The molecule has 2 atom stereocenters. The molecule has 6 heteroatoms. The fourth-order valence-corrected chi connectivity index (χ4v) is 2.76. The van der Waals surface area contributed by atoms with Gasteiger partial charge in [-0.25, -0.2) is 4.39 Å². The van der Waals surface area contributed by atoms with Crippen molar-refractivity contribution in [2.24, 2.45) is 5.92 Å². The zero-order valence-corrected chi connectivity index (χ0v) is 11.8. The van der Waals surface area contributed by atoms with Crippen LogP contribution in [0.5, 0.6) is 0 Å². The molecule has 0 saturated carbocycles. The summed E-state index contributed by atoms with van der Waals surface area (Å²) in [5, 5.41) is 2.88. The standard InChI is InChI=1S/C15H17FN2O3/c1-9-4-10(2-3-13(9)16)15(20)18-5-11-7-21-8-12(6-18)17-14(11)19/h2-4,11-12H,5-8H2,1H3,(H,17,19)/t11-,12+/m1/s1. The number of ether oxygens (including phenoxy) is 1. The molecule has 2 bridgehead atoms.